The molecule has 1 rings (SSSR count). The van der Waals surface area contributed by atoms with Gasteiger partial charge in [-0.25, -0.2) is 4.79 Å². The van der Waals surface area contributed by atoms with Crippen LogP contribution >= 0.6 is 0 Å². The lowest BCUT2D eigenvalue weighted by molar-refractivity contribution is -0.138. The maximum atomic E-state index is 11.7. The molecule has 0 aliphatic heterocycles. The number of carbonyl (C=O) groups excluding carboxylic acids is 1. The molecule has 1 unspecified atom stereocenters. The number of carbonyl (C=O) groups is 1. The Balaban J connectivity index is 2.81. The number of ether oxygens (including phenoxy) is 1. The molecule has 0 aromatic heterocycles. The van der Waals surface area contributed by atoms with Crippen LogP contribution in [0.15, 0.2) is 42.0 Å². The average molecular weight is 232 g/mol. The van der Waals surface area contributed by atoms with Gasteiger partial charge in [0.15, 0.2) is 0 Å². The average Bonchev–Trinajstić information content (AvgIpc) is 2.37. The number of allylic oxidation sites excluding steroid dienone is 1. The van der Waals surface area contributed by atoms with E-state index in [-0.39, 0.29) is 11.9 Å². The Labute approximate surface area is 103 Å². The quantitative estimate of drug-likeness (QED) is 0.571. The van der Waals surface area contributed by atoms with Gasteiger partial charge in [-0.2, -0.15) is 0 Å². The molecule has 17 heavy (non-hydrogen) atoms. The van der Waals surface area contributed by atoms with Crippen molar-refractivity contribution >= 4 is 5.97 Å². The summed E-state index contributed by atoms with van der Waals surface area (Å²) < 4.78 is 5.02. The molecule has 0 fully saturated rings. The molecule has 0 radical (unpaired) electrons. The van der Waals surface area contributed by atoms with Crippen LogP contribution in [0.3, 0.4) is 0 Å². The lowest BCUT2D eigenvalue weighted by atomic mass is 9.98. The van der Waals surface area contributed by atoms with Gasteiger partial charge in [-0.3, -0.25) is 0 Å². The fourth-order valence-corrected chi connectivity index (χ4v) is 1.71. The third kappa shape index (κ3) is 4.06. The molecule has 1 aromatic carbocycles. The molecule has 0 aliphatic carbocycles. The molecule has 92 valence electrons. The predicted molar refractivity (Wildman–Crippen MR) is 69.9 cm³/mol. The van der Waals surface area contributed by atoms with Crippen LogP contribution < -0.4 is 0 Å². The molecule has 1 atom stereocenters. The van der Waals surface area contributed by atoms with Crippen molar-refractivity contribution in [1.29, 1.82) is 0 Å². The third-order valence-electron chi connectivity index (χ3n) is 2.70. The highest BCUT2D eigenvalue weighted by Crippen LogP contribution is 2.19. The summed E-state index contributed by atoms with van der Waals surface area (Å²) in [5.74, 6) is 0.0355. The second kappa shape index (κ2) is 6.89. The highest BCUT2D eigenvalue weighted by molar-refractivity contribution is 5.88. The zero-order valence-electron chi connectivity index (χ0n) is 10.8. The highest BCUT2D eigenvalue weighted by Gasteiger charge is 2.10. The standard InChI is InChI=1S/C15H20O2/c1-4-13(15(16)17-5-2)11-12(3)14-9-7-6-8-10-14/h6-12H,4-5H2,1-3H3. The van der Waals surface area contributed by atoms with Crippen molar-refractivity contribution < 1.29 is 9.53 Å². The van der Waals surface area contributed by atoms with Gasteiger partial charge < -0.3 is 4.74 Å². The van der Waals surface area contributed by atoms with E-state index in [4.69, 9.17) is 4.74 Å². The number of rotatable bonds is 5. The van der Waals surface area contributed by atoms with E-state index in [1.54, 1.807) is 0 Å². The molecule has 0 N–H and O–H groups in total. The molecule has 0 saturated carbocycles. The van der Waals surface area contributed by atoms with E-state index >= 15 is 0 Å². The smallest absolute Gasteiger partial charge is 0.333 e. The van der Waals surface area contributed by atoms with Crippen LogP contribution in [0.5, 0.6) is 0 Å². The first-order chi connectivity index (χ1) is 8.19. The van der Waals surface area contributed by atoms with Gasteiger partial charge in [0, 0.05) is 5.57 Å². The lowest BCUT2D eigenvalue weighted by Crippen LogP contribution is -2.08. The van der Waals surface area contributed by atoms with E-state index in [0.717, 1.165) is 5.57 Å². The molecule has 2 nitrogen and oxygen atoms in total. The highest BCUT2D eigenvalue weighted by atomic mass is 16.5. The van der Waals surface area contributed by atoms with Gasteiger partial charge in [-0.1, -0.05) is 50.3 Å². The molecule has 1 aromatic rings. The SMILES string of the molecule is CCOC(=O)C(=CC(C)c1ccccc1)CC. The van der Waals surface area contributed by atoms with Crippen LogP contribution in [0.2, 0.25) is 0 Å². The number of esters is 1. The van der Waals surface area contributed by atoms with Crippen molar-refractivity contribution in [2.24, 2.45) is 0 Å². The van der Waals surface area contributed by atoms with Gasteiger partial charge in [0.2, 0.25) is 0 Å². The number of benzene rings is 1. The Morgan fingerprint density at radius 2 is 1.94 bits per heavy atom. The van der Waals surface area contributed by atoms with Crippen molar-refractivity contribution in [3.8, 4) is 0 Å². The summed E-state index contributed by atoms with van der Waals surface area (Å²) in [7, 11) is 0. The zero-order valence-corrected chi connectivity index (χ0v) is 10.8. The number of hydrogen-bond donors (Lipinski definition) is 0. The first kappa shape index (κ1) is 13.5. The van der Waals surface area contributed by atoms with Crippen molar-refractivity contribution in [2.45, 2.75) is 33.1 Å². The van der Waals surface area contributed by atoms with Gasteiger partial charge in [-0.15, -0.1) is 0 Å². The normalized spacial score (nSPS) is 13.2. The van der Waals surface area contributed by atoms with Gasteiger partial charge in [0.05, 0.1) is 6.61 Å². The van der Waals surface area contributed by atoms with Gasteiger partial charge >= 0.3 is 5.97 Å². The minimum absolute atomic E-state index is 0.196. The van der Waals surface area contributed by atoms with Crippen molar-refractivity contribution in [3.05, 3.63) is 47.5 Å². The minimum atomic E-state index is -0.196. The maximum Gasteiger partial charge on any atom is 0.333 e. The van der Waals surface area contributed by atoms with Crippen LogP contribution in [0.1, 0.15) is 38.7 Å². The molecule has 2 heteroatoms. The van der Waals surface area contributed by atoms with E-state index in [1.807, 2.05) is 38.1 Å². The molecule has 0 amide bonds. The second-order valence-corrected chi connectivity index (χ2v) is 3.97. The monoisotopic (exact) mass is 232 g/mol. The molecule has 0 saturated heterocycles. The molecule has 0 bridgehead atoms. The van der Waals surface area contributed by atoms with Crippen LogP contribution in [-0.4, -0.2) is 12.6 Å². The van der Waals surface area contributed by atoms with Crippen molar-refractivity contribution in [2.75, 3.05) is 6.61 Å². The van der Waals surface area contributed by atoms with Crippen LogP contribution in [0, 0.1) is 0 Å². The fraction of sp³-hybridized carbons (Fsp3) is 0.400. The van der Waals surface area contributed by atoms with Gasteiger partial charge in [-0.05, 0) is 24.8 Å². The summed E-state index contributed by atoms with van der Waals surface area (Å²) in [5.41, 5.74) is 1.96. The Bertz CT molecular complexity index is 379. The number of hydrogen-bond acceptors (Lipinski definition) is 2. The Morgan fingerprint density at radius 1 is 1.29 bits per heavy atom. The molecular weight excluding hydrogens is 212 g/mol. The second-order valence-electron chi connectivity index (χ2n) is 3.97. The minimum Gasteiger partial charge on any atom is -0.463 e. The lowest BCUT2D eigenvalue weighted by Gasteiger charge is -2.10. The molecule has 0 heterocycles. The summed E-state index contributed by atoms with van der Waals surface area (Å²) in [6.07, 6.45) is 2.70. The van der Waals surface area contributed by atoms with E-state index < -0.39 is 0 Å². The van der Waals surface area contributed by atoms with Gasteiger partial charge in [0.1, 0.15) is 0 Å². The summed E-state index contributed by atoms with van der Waals surface area (Å²) in [6, 6.07) is 10.1. The summed E-state index contributed by atoms with van der Waals surface area (Å²) in [4.78, 5) is 11.7. The Morgan fingerprint density at radius 3 is 2.47 bits per heavy atom. The van der Waals surface area contributed by atoms with E-state index in [2.05, 4.69) is 19.1 Å². The molecule has 0 spiro atoms. The molecule has 0 aliphatic rings. The largest absolute Gasteiger partial charge is 0.463 e. The maximum absolute atomic E-state index is 11.7. The fourth-order valence-electron chi connectivity index (χ4n) is 1.71. The first-order valence-electron chi connectivity index (χ1n) is 6.11. The zero-order chi connectivity index (χ0) is 12.7. The summed E-state index contributed by atoms with van der Waals surface area (Å²) in [6.45, 7) is 6.31. The topological polar surface area (TPSA) is 26.3 Å². The van der Waals surface area contributed by atoms with Crippen molar-refractivity contribution in [1.82, 2.24) is 0 Å². The summed E-state index contributed by atoms with van der Waals surface area (Å²) >= 11 is 0. The van der Waals surface area contributed by atoms with E-state index in [0.29, 0.717) is 13.0 Å². The van der Waals surface area contributed by atoms with E-state index in [9.17, 15) is 4.79 Å². The van der Waals surface area contributed by atoms with Crippen LogP contribution in [-0.2, 0) is 9.53 Å². The van der Waals surface area contributed by atoms with Gasteiger partial charge in [0.25, 0.3) is 0 Å². The predicted octanol–water partition coefficient (Wildman–Crippen LogP) is 3.69. The summed E-state index contributed by atoms with van der Waals surface area (Å²) in [5, 5.41) is 0. The Kier molecular flexibility index (Phi) is 5.47. The van der Waals surface area contributed by atoms with E-state index in [1.165, 1.54) is 5.56 Å². The van der Waals surface area contributed by atoms with Crippen molar-refractivity contribution in [3.63, 3.8) is 0 Å². The van der Waals surface area contributed by atoms with Crippen LogP contribution in [0.4, 0.5) is 0 Å². The Hall–Kier alpha value is -1.57. The molecular formula is C15H20O2. The van der Waals surface area contributed by atoms with Crippen LogP contribution in [0.25, 0.3) is 0 Å². The first-order valence-corrected chi connectivity index (χ1v) is 6.11. The third-order valence-corrected chi connectivity index (χ3v) is 2.70.